The quantitative estimate of drug-likeness (QED) is 0.221. The molecular formula is C20H32IN5O2. The molecule has 2 rings (SSSR count). The Bertz CT molecular complexity index is 703. The van der Waals surface area contributed by atoms with Crippen molar-refractivity contribution in [1.29, 1.82) is 0 Å². The van der Waals surface area contributed by atoms with E-state index in [9.17, 15) is 0 Å². The fourth-order valence-corrected chi connectivity index (χ4v) is 2.53. The highest BCUT2D eigenvalue weighted by molar-refractivity contribution is 14.0. The van der Waals surface area contributed by atoms with Crippen LogP contribution in [0.5, 0.6) is 5.75 Å². The Morgan fingerprint density at radius 2 is 1.96 bits per heavy atom. The van der Waals surface area contributed by atoms with Gasteiger partial charge in [0.15, 0.2) is 5.96 Å². The number of halogens is 1. The topological polar surface area (TPSA) is 84.6 Å². The molecule has 156 valence electrons. The van der Waals surface area contributed by atoms with Crippen molar-refractivity contribution in [3.63, 3.8) is 0 Å². The number of aromatic nitrogens is 2. The number of nitrogens with zero attached hydrogens (tertiary/aromatic N) is 3. The van der Waals surface area contributed by atoms with Crippen molar-refractivity contribution in [1.82, 2.24) is 20.8 Å². The maximum Gasteiger partial charge on any atom is 0.226 e. The summed E-state index contributed by atoms with van der Waals surface area (Å²) < 4.78 is 10.5. The van der Waals surface area contributed by atoms with Crippen LogP contribution >= 0.6 is 24.0 Å². The van der Waals surface area contributed by atoms with Gasteiger partial charge in [-0.1, -0.05) is 18.5 Å². The molecule has 28 heavy (non-hydrogen) atoms. The minimum absolute atomic E-state index is 0. The predicted octanol–water partition coefficient (Wildman–Crippen LogP) is 4.04. The Kier molecular flexibility index (Phi) is 11.5. The molecule has 0 saturated heterocycles. The number of hydrogen-bond donors (Lipinski definition) is 2. The Morgan fingerprint density at radius 1 is 1.21 bits per heavy atom. The number of methoxy groups -OCH3 is 1. The van der Waals surface area contributed by atoms with Crippen LogP contribution in [0.25, 0.3) is 11.4 Å². The smallest absolute Gasteiger partial charge is 0.226 e. The highest BCUT2D eigenvalue weighted by atomic mass is 127. The summed E-state index contributed by atoms with van der Waals surface area (Å²) in [6.45, 7) is 5.21. The Morgan fingerprint density at radius 3 is 2.61 bits per heavy atom. The van der Waals surface area contributed by atoms with E-state index in [0.29, 0.717) is 17.8 Å². The van der Waals surface area contributed by atoms with E-state index in [1.165, 1.54) is 0 Å². The molecule has 0 fully saturated rings. The van der Waals surface area contributed by atoms with E-state index in [1.54, 1.807) is 14.2 Å². The molecule has 7 nitrogen and oxygen atoms in total. The lowest BCUT2D eigenvalue weighted by molar-refractivity contribution is 0.374. The average Bonchev–Trinajstić information content (AvgIpc) is 3.18. The van der Waals surface area contributed by atoms with E-state index in [0.717, 1.165) is 55.9 Å². The predicted molar refractivity (Wildman–Crippen MR) is 124 cm³/mol. The second-order valence-electron chi connectivity index (χ2n) is 6.50. The Hall–Kier alpha value is -1.84. The number of aryl methyl sites for hydroxylation is 1. The Labute approximate surface area is 184 Å². The summed E-state index contributed by atoms with van der Waals surface area (Å²) >= 11 is 0. The van der Waals surface area contributed by atoms with Crippen molar-refractivity contribution >= 4 is 29.9 Å². The summed E-state index contributed by atoms with van der Waals surface area (Å²) in [5.41, 5.74) is 0.926. The van der Waals surface area contributed by atoms with E-state index in [4.69, 9.17) is 9.26 Å². The molecule has 2 aromatic rings. The highest BCUT2D eigenvalue weighted by Crippen LogP contribution is 2.20. The monoisotopic (exact) mass is 501 g/mol. The van der Waals surface area contributed by atoms with Gasteiger partial charge in [-0.15, -0.1) is 24.0 Å². The number of benzene rings is 1. The first-order valence-corrected chi connectivity index (χ1v) is 9.60. The van der Waals surface area contributed by atoms with Gasteiger partial charge in [-0.2, -0.15) is 4.98 Å². The van der Waals surface area contributed by atoms with Crippen LogP contribution < -0.4 is 15.4 Å². The van der Waals surface area contributed by atoms with Crippen molar-refractivity contribution < 1.29 is 9.26 Å². The third-order valence-corrected chi connectivity index (χ3v) is 4.40. The molecule has 1 unspecified atom stereocenters. The Balaban J connectivity index is 0.00000392. The van der Waals surface area contributed by atoms with E-state index >= 15 is 0 Å². The maximum atomic E-state index is 5.36. The molecule has 0 saturated carbocycles. The van der Waals surface area contributed by atoms with E-state index in [1.807, 2.05) is 24.3 Å². The summed E-state index contributed by atoms with van der Waals surface area (Å²) in [4.78, 5) is 8.71. The van der Waals surface area contributed by atoms with Gasteiger partial charge in [-0.05, 0) is 50.5 Å². The van der Waals surface area contributed by atoms with Gasteiger partial charge in [-0.25, -0.2) is 0 Å². The van der Waals surface area contributed by atoms with Crippen LogP contribution in [-0.4, -0.2) is 42.8 Å². The molecule has 1 aromatic heterocycles. The maximum absolute atomic E-state index is 5.36. The van der Waals surface area contributed by atoms with Crippen molar-refractivity contribution in [2.24, 2.45) is 4.99 Å². The number of rotatable bonds is 10. The number of hydrogen-bond acceptors (Lipinski definition) is 5. The molecule has 2 N–H and O–H groups in total. The number of ether oxygens (including phenoxy) is 1. The van der Waals surface area contributed by atoms with Gasteiger partial charge in [0.2, 0.25) is 11.7 Å². The van der Waals surface area contributed by atoms with Crippen LogP contribution in [0, 0.1) is 0 Å². The normalized spacial score (nSPS) is 12.2. The summed E-state index contributed by atoms with van der Waals surface area (Å²) in [6, 6.07) is 8.07. The van der Waals surface area contributed by atoms with Gasteiger partial charge in [0.05, 0.1) is 7.11 Å². The zero-order valence-corrected chi connectivity index (χ0v) is 19.5. The summed E-state index contributed by atoms with van der Waals surface area (Å²) in [5.74, 6) is 2.98. The van der Waals surface area contributed by atoms with Crippen LogP contribution in [0.2, 0.25) is 0 Å². The summed E-state index contributed by atoms with van der Waals surface area (Å²) in [7, 11) is 3.45. The highest BCUT2D eigenvalue weighted by Gasteiger charge is 2.08. The molecule has 1 aromatic carbocycles. The lowest BCUT2D eigenvalue weighted by Gasteiger charge is -2.16. The zero-order valence-electron chi connectivity index (χ0n) is 17.2. The number of guanidine groups is 1. The SMILES string of the molecule is CCC(C)NC(=NC)NCCCCCc1nc(-c2ccc(OC)cc2)no1.I. The minimum Gasteiger partial charge on any atom is -0.497 e. The van der Waals surface area contributed by atoms with Crippen LogP contribution in [0.1, 0.15) is 45.4 Å². The molecule has 0 aliphatic heterocycles. The first kappa shape index (κ1) is 24.2. The molecule has 0 bridgehead atoms. The minimum atomic E-state index is 0. The van der Waals surface area contributed by atoms with Gasteiger partial charge in [0.1, 0.15) is 5.75 Å². The summed E-state index contributed by atoms with van der Waals surface area (Å²) in [5, 5.41) is 10.8. The van der Waals surface area contributed by atoms with Crippen molar-refractivity contribution in [2.75, 3.05) is 20.7 Å². The van der Waals surface area contributed by atoms with E-state index < -0.39 is 0 Å². The van der Waals surface area contributed by atoms with Gasteiger partial charge >= 0.3 is 0 Å². The van der Waals surface area contributed by atoms with Gasteiger partial charge in [0, 0.05) is 31.6 Å². The van der Waals surface area contributed by atoms with Crippen molar-refractivity contribution in [2.45, 2.75) is 52.0 Å². The van der Waals surface area contributed by atoms with Crippen LogP contribution in [0.3, 0.4) is 0 Å². The molecule has 0 spiro atoms. The second-order valence-corrected chi connectivity index (χ2v) is 6.50. The van der Waals surface area contributed by atoms with Crippen molar-refractivity contribution in [3.05, 3.63) is 30.2 Å². The van der Waals surface area contributed by atoms with Gasteiger partial charge < -0.3 is 19.9 Å². The third-order valence-electron chi connectivity index (χ3n) is 4.40. The van der Waals surface area contributed by atoms with Gasteiger partial charge in [0.25, 0.3) is 0 Å². The molecular weight excluding hydrogens is 469 g/mol. The van der Waals surface area contributed by atoms with Crippen molar-refractivity contribution in [3.8, 4) is 17.1 Å². The molecule has 0 radical (unpaired) electrons. The largest absolute Gasteiger partial charge is 0.497 e. The van der Waals surface area contributed by atoms with Gasteiger partial charge in [-0.3, -0.25) is 4.99 Å². The third kappa shape index (κ3) is 8.04. The standard InChI is InChI=1S/C20H31N5O2.HI/c1-5-15(2)23-20(21-3)22-14-8-6-7-9-18-24-19(25-27-18)16-10-12-17(26-4)13-11-16;/h10-13,15H,5-9,14H2,1-4H3,(H2,21,22,23);1H. The molecule has 0 aliphatic carbocycles. The number of aliphatic imine (C=N–C) groups is 1. The van der Waals surface area contributed by atoms with Crippen LogP contribution in [-0.2, 0) is 6.42 Å². The first-order chi connectivity index (χ1) is 13.2. The van der Waals surface area contributed by atoms with E-state index in [2.05, 4.69) is 39.6 Å². The fourth-order valence-electron chi connectivity index (χ4n) is 2.53. The lowest BCUT2D eigenvalue weighted by Crippen LogP contribution is -2.42. The number of nitrogens with one attached hydrogen (secondary N) is 2. The molecule has 1 heterocycles. The molecule has 0 amide bonds. The molecule has 8 heteroatoms. The van der Waals surface area contributed by atoms with E-state index in [-0.39, 0.29) is 24.0 Å². The summed E-state index contributed by atoms with van der Waals surface area (Å²) in [6.07, 6.45) is 5.05. The van der Waals surface area contributed by atoms with Crippen LogP contribution in [0.15, 0.2) is 33.8 Å². The number of unbranched alkanes of at least 4 members (excludes halogenated alkanes) is 2. The van der Waals surface area contributed by atoms with Crippen LogP contribution in [0.4, 0.5) is 0 Å². The molecule has 1 atom stereocenters. The first-order valence-electron chi connectivity index (χ1n) is 9.60. The average molecular weight is 501 g/mol. The molecule has 0 aliphatic rings. The fraction of sp³-hybridized carbons (Fsp3) is 0.550. The zero-order chi connectivity index (χ0) is 19.5. The lowest BCUT2D eigenvalue weighted by atomic mass is 10.2. The second kappa shape index (κ2) is 13.4.